The summed E-state index contributed by atoms with van der Waals surface area (Å²) in [6.45, 7) is 6.45. The number of ether oxygens (including phenoxy) is 3. The molecule has 0 aromatic heterocycles. The van der Waals surface area contributed by atoms with E-state index in [1.807, 2.05) is 36.5 Å². The molecule has 0 aliphatic rings. The molecular weight excluding hydrogens is 781 g/mol. The Hall–Kier alpha value is -3.15. The van der Waals surface area contributed by atoms with Crippen LogP contribution < -0.4 is 0 Å². The number of hydrogen-bond acceptors (Lipinski definition) is 6. The third-order valence-electron chi connectivity index (χ3n) is 11.3. The van der Waals surface area contributed by atoms with E-state index < -0.39 is 6.10 Å². The van der Waals surface area contributed by atoms with Crippen molar-refractivity contribution in [2.75, 3.05) is 13.2 Å². The van der Waals surface area contributed by atoms with E-state index in [9.17, 15) is 14.4 Å². The van der Waals surface area contributed by atoms with Crippen molar-refractivity contribution in [2.24, 2.45) is 0 Å². The molecule has 0 aromatic rings. The highest BCUT2D eigenvalue weighted by Crippen LogP contribution is 2.15. The normalized spacial score (nSPS) is 12.6. The summed E-state index contributed by atoms with van der Waals surface area (Å²) >= 11 is 0. The summed E-state index contributed by atoms with van der Waals surface area (Å²) in [7, 11) is 0. The molecule has 0 radical (unpaired) electrons. The molecule has 6 heteroatoms. The maximum Gasteiger partial charge on any atom is 0.306 e. The third kappa shape index (κ3) is 49.7. The van der Waals surface area contributed by atoms with Gasteiger partial charge in [-0.25, -0.2) is 0 Å². The van der Waals surface area contributed by atoms with Crippen LogP contribution in [0.3, 0.4) is 0 Å². The van der Waals surface area contributed by atoms with Crippen molar-refractivity contribution in [3.8, 4) is 0 Å². The number of carbonyl (C=O) groups is 3. The molecule has 0 saturated heterocycles. The van der Waals surface area contributed by atoms with Crippen LogP contribution in [-0.2, 0) is 28.6 Å². The molecule has 0 saturated carbocycles. The average Bonchev–Trinajstić information content (AvgIpc) is 3.28. The topological polar surface area (TPSA) is 78.9 Å². The van der Waals surface area contributed by atoms with Gasteiger partial charge < -0.3 is 14.2 Å². The van der Waals surface area contributed by atoms with Gasteiger partial charge in [-0.1, -0.05) is 241 Å². The average molecular weight is 879 g/mol. The minimum Gasteiger partial charge on any atom is -0.462 e. The van der Waals surface area contributed by atoms with Gasteiger partial charge in [0.2, 0.25) is 0 Å². The lowest BCUT2D eigenvalue weighted by Gasteiger charge is -2.18. The van der Waals surface area contributed by atoms with Crippen LogP contribution in [0.5, 0.6) is 0 Å². The first-order valence-corrected chi connectivity index (χ1v) is 26.5. The molecule has 63 heavy (non-hydrogen) atoms. The van der Waals surface area contributed by atoms with E-state index >= 15 is 0 Å². The Morgan fingerprint density at radius 2 is 0.619 bits per heavy atom. The van der Waals surface area contributed by atoms with Gasteiger partial charge in [0.25, 0.3) is 0 Å². The number of allylic oxidation sites excluding steroid dienone is 12. The Kier molecular flexibility index (Phi) is 48.9. The lowest BCUT2D eigenvalue weighted by Crippen LogP contribution is -2.30. The van der Waals surface area contributed by atoms with Crippen LogP contribution in [0.2, 0.25) is 0 Å². The van der Waals surface area contributed by atoms with Crippen molar-refractivity contribution in [3.63, 3.8) is 0 Å². The van der Waals surface area contributed by atoms with Crippen molar-refractivity contribution in [2.45, 2.75) is 258 Å². The Labute approximate surface area is 389 Å². The van der Waals surface area contributed by atoms with E-state index in [1.165, 1.54) is 128 Å². The second kappa shape index (κ2) is 51.5. The van der Waals surface area contributed by atoms with Crippen molar-refractivity contribution in [3.05, 3.63) is 72.9 Å². The molecule has 0 bridgehead atoms. The fourth-order valence-electron chi connectivity index (χ4n) is 7.33. The van der Waals surface area contributed by atoms with Gasteiger partial charge in [-0.3, -0.25) is 14.4 Å². The summed E-state index contributed by atoms with van der Waals surface area (Å²) in [5.41, 5.74) is 0. The Morgan fingerprint density at radius 3 is 1.00 bits per heavy atom. The van der Waals surface area contributed by atoms with Crippen LogP contribution in [0.15, 0.2) is 72.9 Å². The molecule has 0 heterocycles. The smallest absolute Gasteiger partial charge is 0.306 e. The van der Waals surface area contributed by atoms with Crippen LogP contribution in [0.25, 0.3) is 0 Å². The fraction of sp³-hybridized carbons (Fsp3) is 0.737. The number of esters is 3. The number of carbonyl (C=O) groups excluding carboxylic acids is 3. The molecule has 1 unspecified atom stereocenters. The highest BCUT2D eigenvalue weighted by molar-refractivity contribution is 5.71. The predicted octanol–water partition coefficient (Wildman–Crippen LogP) is 17.4. The second-order valence-electron chi connectivity index (χ2n) is 17.5. The van der Waals surface area contributed by atoms with E-state index in [-0.39, 0.29) is 31.1 Å². The van der Waals surface area contributed by atoms with Crippen molar-refractivity contribution >= 4 is 17.9 Å². The van der Waals surface area contributed by atoms with E-state index in [0.29, 0.717) is 19.3 Å². The van der Waals surface area contributed by atoms with Crippen molar-refractivity contribution in [1.82, 2.24) is 0 Å². The lowest BCUT2D eigenvalue weighted by atomic mass is 10.0. The highest BCUT2D eigenvalue weighted by Gasteiger charge is 2.19. The molecule has 0 aromatic carbocycles. The minimum absolute atomic E-state index is 0.100. The molecule has 0 fully saturated rings. The maximum atomic E-state index is 12.8. The van der Waals surface area contributed by atoms with Crippen LogP contribution in [0.1, 0.15) is 252 Å². The summed E-state index contributed by atoms with van der Waals surface area (Å²) in [5.74, 6) is -0.958. The minimum atomic E-state index is -0.800. The molecular formula is C57H98O6. The van der Waals surface area contributed by atoms with E-state index in [1.54, 1.807) is 0 Å². The number of hydrogen-bond donors (Lipinski definition) is 0. The SMILES string of the molecule is CC/C=C/C=C/C=C/C=C/CCCCCC(=O)OCC(COC(=O)CCCCC/C=C/C=C/CCCCCCCCC)OC(=O)CCCCCCCCCCCCCCCCCC. The van der Waals surface area contributed by atoms with Gasteiger partial charge in [0, 0.05) is 19.3 Å². The largest absolute Gasteiger partial charge is 0.462 e. The van der Waals surface area contributed by atoms with E-state index in [2.05, 4.69) is 57.2 Å². The van der Waals surface area contributed by atoms with Crippen molar-refractivity contribution in [1.29, 1.82) is 0 Å². The highest BCUT2D eigenvalue weighted by atomic mass is 16.6. The summed E-state index contributed by atoms with van der Waals surface area (Å²) < 4.78 is 16.8. The zero-order valence-electron chi connectivity index (χ0n) is 41.3. The van der Waals surface area contributed by atoms with Gasteiger partial charge in [-0.05, 0) is 64.2 Å². The standard InChI is InChI=1S/C57H98O6/c1-4-7-10-13-16-19-22-25-27-29-32-35-38-41-44-47-50-56(59)62-53-54(52-61-55(58)49-46-43-40-37-34-31-24-21-18-15-12-9-6-3)63-57(60)51-48-45-42-39-36-33-30-28-26-23-20-17-14-11-8-5-2/h9,12,15,18,21,24,27,29,31-32,34-35,54H,4-8,10-11,13-14,16-17,19-20,22-23,25-26,28,30,33,36-53H2,1-3H3/b12-9+,18-15+,24-21+,29-27+,34-31+,35-32+. The van der Waals surface area contributed by atoms with Gasteiger partial charge in [-0.2, -0.15) is 0 Å². The molecule has 0 amide bonds. The number of unbranched alkanes of at least 4 members (excludes halogenated alkanes) is 28. The van der Waals surface area contributed by atoms with Crippen LogP contribution in [0, 0.1) is 0 Å². The molecule has 0 aliphatic heterocycles. The second-order valence-corrected chi connectivity index (χ2v) is 17.5. The van der Waals surface area contributed by atoms with Gasteiger partial charge in [0.05, 0.1) is 0 Å². The van der Waals surface area contributed by atoms with Crippen molar-refractivity contribution < 1.29 is 28.6 Å². The summed E-state index contributed by atoms with van der Waals surface area (Å²) in [6.07, 6.45) is 64.6. The molecule has 0 aliphatic carbocycles. The quantitative estimate of drug-likeness (QED) is 0.0262. The first kappa shape index (κ1) is 59.9. The molecule has 1 atom stereocenters. The third-order valence-corrected chi connectivity index (χ3v) is 11.3. The fourth-order valence-corrected chi connectivity index (χ4v) is 7.33. The summed E-state index contributed by atoms with van der Waals surface area (Å²) in [5, 5.41) is 0. The first-order chi connectivity index (χ1) is 31.0. The Bertz CT molecular complexity index is 1190. The maximum absolute atomic E-state index is 12.8. The van der Waals surface area contributed by atoms with Gasteiger partial charge >= 0.3 is 17.9 Å². The Balaban J connectivity index is 4.46. The Morgan fingerprint density at radius 1 is 0.333 bits per heavy atom. The summed E-state index contributed by atoms with van der Waals surface area (Å²) in [4.78, 5) is 38.0. The van der Waals surface area contributed by atoms with Gasteiger partial charge in [0.1, 0.15) is 13.2 Å². The summed E-state index contributed by atoms with van der Waals surface area (Å²) in [6, 6.07) is 0. The van der Waals surface area contributed by atoms with Gasteiger partial charge in [0.15, 0.2) is 6.10 Å². The molecule has 362 valence electrons. The molecule has 0 spiro atoms. The lowest BCUT2D eigenvalue weighted by molar-refractivity contribution is -0.167. The van der Waals surface area contributed by atoms with E-state index in [4.69, 9.17) is 14.2 Å². The zero-order valence-corrected chi connectivity index (χ0v) is 41.3. The molecule has 0 N–H and O–H groups in total. The monoisotopic (exact) mass is 879 g/mol. The predicted molar refractivity (Wildman–Crippen MR) is 270 cm³/mol. The van der Waals surface area contributed by atoms with Crippen LogP contribution in [-0.4, -0.2) is 37.2 Å². The van der Waals surface area contributed by atoms with Crippen LogP contribution >= 0.6 is 0 Å². The molecule has 0 rings (SSSR count). The first-order valence-electron chi connectivity index (χ1n) is 26.5. The van der Waals surface area contributed by atoms with E-state index in [0.717, 1.165) is 83.5 Å². The van der Waals surface area contributed by atoms with Crippen LogP contribution in [0.4, 0.5) is 0 Å². The number of rotatable bonds is 47. The zero-order chi connectivity index (χ0) is 45.8. The molecule has 6 nitrogen and oxygen atoms in total. The van der Waals surface area contributed by atoms with Gasteiger partial charge in [-0.15, -0.1) is 0 Å².